The molecule has 1 atom stereocenters. The van der Waals surface area contributed by atoms with Crippen molar-refractivity contribution < 1.29 is 14.3 Å². The second kappa shape index (κ2) is 5.09. The zero-order valence-electron chi connectivity index (χ0n) is 8.80. The Morgan fingerprint density at radius 1 is 1.56 bits per heavy atom. The molecule has 1 aromatic carbocycles. The second-order valence-corrected chi connectivity index (χ2v) is 4.03. The van der Waals surface area contributed by atoms with Crippen molar-refractivity contribution in [2.24, 2.45) is 0 Å². The zero-order chi connectivity index (χ0) is 11.4. The number of fused-ring (bicyclic) bond motifs is 1. The minimum Gasteiger partial charge on any atom is -0.458 e. The van der Waals surface area contributed by atoms with Gasteiger partial charge < -0.3 is 9.47 Å². The molecule has 83 valence electrons. The van der Waals surface area contributed by atoms with Crippen LogP contribution in [0.15, 0.2) is 23.6 Å². The number of carbonyl (C=O) groups excluding carboxylic acids is 1. The molecule has 0 aliphatic carbocycles. The van der Waals surface area contributed by atoms with Crippen LogP contribution < -0.4 is 4.74 Å². The predicted octanol–water partition coefficient (Wildman–Crippen LogP) is 2.64. The Bertz CT molecular complexity index is 478. The summed E-state index contributed by atoms with van der Waals surface area (Å²) >= 11 is 1.58. The van der Waals surface area contributed by atoms with Crippen molar-refractivity contribution in [2.75, 3.05) is 6.61 Å². The third kappa shape index (κ3) is 2.40. The van der Waals surface area contributed by atoms with E-state index in [0.29, 0.717) is 18.6 Å². The predicted molar refractivity (Wildman–Crippen MR) is 62.8 cm³/mol. The number of carbonyl (C=O) groups is 1. The van der Waals surface area contributed by atoms with Crippen LogP contribution in [0.4, 0.5) is 0 Å². The summed E-state index contributed by atoms with van der Waals surface area (Å²) in [6, 6.07) is 8.70. The molecule has 0 aliphatic rings. The molecule has 0 saturated carbocycles. The van der Waals surface area contributed by atoms with E-state index >= 15 is 0 Å². The highest BCUT2D eigenvalue weighted by Gasteiger charge is 2.08. The first-order valence-electron chi connectivity index (χ1n) is 4.96. The van der Waals surface area contributed by atoms with Crippen molar-refractivity contribution in [3.05, 3.63) is 29.6 Å². The lowest BCUT2D eigenvalue weighted by Crippen LogP contribution is -2.21. The topological polar surface area (TPSA) is 35.5 Å². The molecule has 0 saturated heterocycles. The lowest BCUT2D eigenvalue weighted by Gasteiger charge is -2.12. The Labute approximate surface area is 97.6 Å². The van der Waals surface area contributed by atoms with E-state index in [1.54, 1.807) is 17.4 Å². The molecule has 2 rings (SSSR count). The van der Waals surface area contributed by atoms with E-state index in [9.17, 15) is 4.79 Å². The maximum atomic E-state index is 10.7. The molecule has 0 amide bonds. The van der Waals surface area contributed by atoms with Gasteiger partial charge in [0.15, 0.2) is 6.29 Å². The third-order valence-corrected chi connectivity index (χ3v) is 2.88. The van der Waals surface area contributed by atoms with Crippen molar-refractivity contribution >= 4 is 27.7 Å². The number of hydrogen-bond donors (Lipinski definition) is 0. The van der Waals surface area contributed by atoms with Crippen LogP contribution in [0.2, 0.25) is 0 Å². The summed E-state index contributed by atoms with van der Waals surface area (Å²) in [6.07, 6.45) is -0.180. The fraction of sp³-hybridized carbons (Fsp3) is 0.250. The molecule has 1 aromatic heterocycles. The molecular formula is C12H11O3S. The first-order chi connectivity index (χ1) is 7.83. The van der Waals surface area contributed by atoms with Gasteiger partial charge in [0.25, 0.3) is 6.29 Å². The fourth-order valence-electron chi connectivity index (χ4n) is 1.35. The first-order valence-corrected chi connectivity index (χ1v) is 5.84. The number of rotatable bonds is 5. The van der Waals surface area contributed by atoms with Crippen molar-refractivity contribution in [1.29, 1.82) is 0 Å². The highest BCUT2D eigenvalue weighted by Crippen LogP contribution is 2.25. The average Bonchev–Trinajstić information content (AvgIpc) is 2.75. The van der Waals surface area contributed by atoms with E-state index in [2.05, 4.69) is 6.07 Å². The summed E-state index contributed by atoms with van der Waals surface area (Å²) in [4.78, 5) is 10.7. The highest BCUT2D eigenvalue weighted by atomic mass is 32.1. The Hall–Kier alpha value is -1.39. The molecule has 0 spiro atoms. The summed E-state index contributed by atoms with van der Waals surface area (Å²) in [5.41, 5.74) is 0. The minimum atomic E-state index is -0.827. The zero-order valence-corrected chi connectivity index (χ0v) is 9.62. The van der Waals surface area contributed by atoms with Gasteiger partial charge in [-0.3, -0.25) is 4.79 Å². The summed E-state index contributed by atoms with van der Waals surface area (Å²) in [7, 11) is 0. The minimum absolute atomic E-state index is 0.443. The highest BCUT2D eigenvalue weighted by molar-refractivity contribution is 7.17. The largest absolute Gasteiger partial charge is 0.458 e. The SMILES string of the molecule is CCOC(C=O)Oc1ccc2[c]csc2c1. The fourth-order valence-corrected chi connectivity index (χ4v) is 2.10. The number of benzene rings is 1. The van der Waals surface area contributed by atoms with Crippen LogP contribution in [-0.2, 0) is 9.53 Å². The molecule has 3 nitrogen and oxygen atoms in total. The Morgan fingerprint density at radius 3 is 3.19 bits per heavy atom. The van der Waals surface area contributed by atoms with Gasteiger partial charge in [0.05, 0.1) is 0 Å². The van der Waals surface area contributed by atoms with E-state index in [1.165, 1.54) is 0 Å². The van der Waals surface area contributed by atoms with Crippen LogP contribution in [0.3, 0.4) is 0 Å². The quantitative estimate of drug-likeness (QED) is 0.590. The lowest BCUT2D eigenvalue weighted by molar-refractivity contribution is -0.136. The van der Waals surface area contributed by atoms with E-state index in [1.807, 2.05) is 24.4 Å². The molecule has 16 heavy (non-hydrogen) atoms. The number of ether oxygens (including phenoxy) is 2. The molecule has 1 radical (unpaired) electrons. The van der Waals surface area contributed by atoms with E-state index in [0.717, 1.165) is 10.1 Å². The Kier molecular flexibility index (Phi) is 3.54. The second-order valence-electron chi connectivity index (χ2n) is 3.12. The van der Waals surface area contributed by atoms with Crippen molar-refractivity contribution in [3.8, 4) is 5.75 Å². The number of thiophene rings is 1. The summed E-state index contributed by atoms with van der Waals surface area (Å²) in [5, 5.41) is 2.95. The molecule has 0 fully saturated rings. The maximum absolute atomic E-state index is 10.7. The van der Waals surface area contributed by atoms with Crippen LogP contribution >= 0.6 is 11.3 Å². The smallest absolute Gasteiger partial charge is 0.256 e. The Morgan fingerprint density at radius 2 is 2.44 bits per heavy atom. The summed E-state index contributed by atoms with van der Waals surface area (Å²) < 4.78 is 11.6. The molecular weight excluding hydrogens is 224 g/mol. The summed E-state index contributed by atoms with van der Waals surface area (Å²) in [5.74, 6) is 0.633. The van der Waals surface area contributed by atoms with Crippen LogP contribution in [0, 0.1) is 6.07 Å². The third-order valence-electron chi connectivity index (χ3n) is 2.05. The van der Waals surface area contributed by atoms with Crippen molar-refractivity contribution in [1.82, 2.24) is 0 Å². The van der Waals surface area contributed by atoms with Gasteiger partial charge in [-0.1, -0.05) is 0 Å². The number of hydrogen-bond acceptors (Lipinski definition) is 4. The monoisotopic (exact) mass is 235 g/mol. The van der Waals surface area contributed by atoms with Crippen LogP contribution in [0.25, 0.3) is 10.1 Å². The van der Waals surface area contributed by atoms with Crippen LogP contribution in [0.5, 0.6) is 5.75 Å². The van der Waals surface area contributed by atoms with E-state index in [-0.39, 0.29) is 0 Å². The Balaban J connectivity index is 2.16. The van der Waals surface area contributed by atoms with Gasteiger partial charge in [-0.15, -0.1) is 11.3 Å². The van der Waals surface area contributed by atoms with Gasteiger partial charge in [0, 0.05) is 22.8 Å². The van der Waals surface area contributed by atoms with Crippen molar-refractivity contribution in [2.45, 2.75) is 13.2 Å². The number of aldehydes is 1. The molecule has 1 heterocycles. The maximum Gasteiger partial charge on any atom is 0.256 e. The van der Waals surface area contributed by atoms with Crippen LogP contribution in [0.1, 0.15) is 6.92 Å². The van der Waals surface area contributed by atoms with Gasteiger partial charge in [-0.05, 0) is 30.5 Å². The average molecular weight is 235 g/mol. The van der Waals surface area contributed by atoms with Gasteiger partial charge >= 0.3 is 0 Å². The molecule has 2 aromatic rings. The molecule has 4 heteroatoms. The normalized spacial score (nSPS) is 12.6. The standard InChI is InChI=1S/C12H11O3S/c1-2-14-12(8-13)15-10-4-3-9-5-6-16-11(9)7-10/h3-4,6-8,12H,2H2,1H3. The molecule has 0 bridgehead atoms. The van der Waals surface area contributed by atoms with Gasteiger partial charge in [0.2, 0.25) is 0 Å². The van der Waals surface area contributed by atoms with Gasteiger partial charge in [0.1, 0.15) is 5.75 Å². The lowest BCUT2D eigenvalue weighted by atomic mass is 10.2. The summed E-state index contributed by atoms with van der Waals surface area (Å²) in [6.45, 7) is 2.26. The molecule has 1 unspecified atom stereocenters. The van der Waals surface area contributed by atoms with Gasteiger partial charge in [-0.25, -0.2) is 0 Å². The first kappa shape index (κ1) is 11.1. The van der Waals surface area contributed by atoms with E-state index < -0.39 is 6.29 Å². The molecule has 0 N–H and O–H groups in total. The van der Waals surface area contributed by atoms with E-state index in [4.69, 9.17) is 9.47 Å². The molecule has 0 aliphatic heterocycles. The van der Waals surface area contributed by atoms with Gasteiger partial charge in [-0.2, -0.15) is 0 Å². The van der Waals surface area contributed by atoms with Crippen LogP contribution in [-0.4, -0.2) is 19.2 Å². The van der Waals surface area contributed by atoms with Crippen molar-refractivity contribution in [3.63, 3.8) is 0 Å².